The summed E-state index contributed by atoms with van der Waals surface area (Å²) in [5.41, 5.74) is -0.751. The predicted octanol–water partition coefficient (Wildman–Crippen LogP) is 3.26. The summed E-state index contributed by atoms with van der Waals surface area (Å²) in [7, 11) is 0. The van der Waals surface area contributed by atoms with Gasteiger partial charge in [0.15, 0.2) is 11.5 Å². The van der Waals surface area contributed by atoms with Crippen LogP contribution in [0, 0.1) is 0 Å². The molecule has 4 aromatic heterocycles. The molecule has 0 saturated carbocycles. The minimum absolute atomic E-state index is 0.0468. The fourth-order valence-corrected chi connectivity index (χ4v) is 3.41. The molecule has 0 aliphatic carbocycles. The summed E-state index contributed by atoms with van der Waals surface area (Å²) in [4.78, 5) is 13.1. The van der Waals surface area contributed by atoms with E-state index < -0.39 is 11.5 Å². The van der Waals surface area contributed by atoms with Crippen molar-refractivity contribution < 1.29 is 23.3 Å². The standard InChI is InChI=1S/C18H14N2O5S/c21-17(13-9-15(25-20-13)14-3-1-6-24-14)19-11-18(22,12-5-7-23-10-12)16-4-2-8-26-16/h1-10,22H,11H2,(H,19,21)/t18-/m0/s1. The van der Waals surface area contributed by atoms with Gasteiger partial charge in [-0.2, -0.15) is 0 Å². The Labute approximate surface area is 151 Å². The molecule has 0 radical (unpaired) electrons. The second-order valence-electron chi connectivity index (χ2n) is 5.59. The van der Waals surface area contributed by atoms with E-state index in [-0.39, 0.29) is 12.2 Å². The number of furan rings is 2. The lowest BCUT2D eigenvalue weighted by Gasteiger charge is -2.26. The second kappa shape index (κ2) is 6.66. The number of hydrogen-bond donors (Lipinski definition) is 2. The Morgan fingerprint density at radius 2 is 2.15 bits per heavy atom. The first-order valence-corrected chi connectivity index (χ1v) is 8.62. The molecule has 1 atom stereocenters. The van der Waals surface area contributed by atoms with Crippen molar-refractivity contribution in [2.45, 2.75) is 5.60 Å². The number of nitrogens with zero attached hydrogens (tertiary/aromatic N) is 1. The Hall–Kier alpha value is -3.10. The Kier molecular flexibility index (Phi) is 4.19. The number of aromatic nitrogens is 1. The lowest BCUT2D eigenvalue weighted by Crippen LogP contribution is -2.41. The van der Waals surface area contributed by atoms with Crippen LogP contribution in [0.1, 0.15) is 20.9 Å². The lowest BCUT2D eigenvalue weighted by molar-refractivity contribution is 0.0709. The van der Waals surface area contributed by atoms with E-state index in [9.17, 15) is 9.90 Å². The van der Waals surface area contributed by atoms with Crippen molar-refractivity contribution in [3.8, 4) is 11.5 Å². The van der Waals surface area contributed by atoms with E-state index in [4.69, 9.17) is 13.4 Å². The van der Waals surface area contributed by atoms with Crippen LogP contribution in [0.5, 0.6) is 0 Å². The van der Waals surface area contributed by atoms with Crippen LogP contribution in [-0.2, 0) is 5.60 Å². The highest BCUT2D eigenvalue weighted by molar-refractivity contribution is 7.10. The summed E-state index contributed by atoms with van der Waals surface area (Å²) in [6.45, 7) is -0.0468. The van der Waals surface area contributed by atoms with Crippen molar-refractivity contribution >= 4 is 17.2 Å². The number of carbonyl (C=O) groups is 1. The Morgan fingerprint density at radius 1 is 1.23 bits per heavy atom. The first-order chi connectivity index (χ1) is 12.7. The quantitative estimate of drug-likeness (QED) is 0.540. The molecule has 132 valence electrons. The maximum atomic E-state index is 12.4. The van der Waals surface area contributed by atoms with Gasteiger partial charge >= 0.3 is 0 Å². The molecule has 2 N–H and O–H groups in total. The number of rotatable bonds is 6. The van der Waals surface area contributed by atoms with Crippen molar-refractivity contribution in [1.29, 1.82) is 0 Å². The van der Waals surface area contributed by atoms with Gasteiger partial charge in [-0.05, 0) is 29.6 Å². The molecule has 4 rings (SSSR count). The maximum Gasteiger partial charge on any atom is 0.273 e. The highest BCUT2D eigenvalue weighted by atomic mass is 32.1. The molecule has 0 spiro atoms. The first kappa shape index (κ1) is 16.4. The number of aliphatic hydroxyl groups is 1. The molecule has 1 amide bonds. The monoisotopic (exact) mass is 370 g/mol. The summed E-state index contributed by atoms with van der Waals surface area (Å²) >= 11 is 1.39. The summed E-state index contributed by atoms with van der Waals surface area (Å²) < 4.78 is 15.4. The zero-order valence-corrected chi connectivity index (χ0v) is 14.2. The number of amides is 1. The van der Waals surface area contributed by atoms with Crippen LogP contribution < -0.4 is 5.32 Å². The van der Waals surface area contributed by atoms with Crippen LogP contribution in [0.2, 0.25) is 0 Å². The third-order valence-electron chi connectivity index (χ3n) is 3.94. The minimum Gasteiger partial charge on any atom is -0.472 e. The van der Waals surface area contributed by atoms with Crippen LogP contribution in [0.3, 0.4) is 0 Å². The highest BCUT2D eigenvalue weighted by Gasteiger charge is 2.34. The van der Waals surface area contributed by atoms with Crippen LogP contribution in [-0.4, -0.2) is 22.7 Å². The molecule has 4 aromatic rings. The molecule has 0 bridgehead atoms. The zero-order chi connectivity index (χ0) is 18.0. The van der Waals surface area contributed by atoms with Crippen LogP contribution >= 0.6 is 11.3 Å². The largest absolute Gasteiger partial charge is 0.472 e. The van der Waals surface area contributed by atoms with Gasteiger partial charge < -0.3 is 23.8 Å². The van der Waals surface area contributed by atoms with Gasteiger partial charge in [0, 0.05) is 16.5 Å². The van der Waals surface area contributed by atoms with E-state index in [1.807, 2.05) is 11.4 Å². The molecule has 0 saturated heterocycles. The summed E-state index contributed by atoms with van der Waals surface area (Å²) in [6, 6.07) is 10.2. The van der Waals surface area contributed by atoms with Gasteiger partial charge in [0.2, 0.25) is 5.76 Å². The normalized spacial score (nSPS) is 13.4. The molecule has 0 unspecified atom stereocenters. The molecule has 8 heteroatoms. The second-order valence-corrected chi connectivity index (χ2v) is 6.53. The van der Waals surface area contributed by atoms with E-state index >= 15 is 0 Å². The number of thiophene rings is 1. The SMILES string of the molecule is O=C(NC[C@](O)(c1ccoc1)c1cccs1)c1cc(-c2ccco2)on1. The first-order valence-electron chi connectivity index (χ1n) is 7.74. The van der Waals surface area contributed by atoms with Crippen LogP contribution in [0.15, 0.2) is 73.9 Å². The average molecular weight is 370 g/mol. The summed E-state index contributed by atoms with van der Waals surface area (Å²) in [5, 5.41) is 19.5. The van der Waals surface area contributed by atoms with E-state index in [2.05, 4.69) is 10.5 Å². The molecule has 0 aromatic carbocycles. The minimum atomic E-state index is -1.40. The van der Waals surface area contributed by atoms with Gasteiger partial charge in [0.1, 0.15) is 5.60 Å². The predicted molar refractivity (Wildman–Crippen MR) is 92.6 cm³/mol. The number of hydrogen-bond acceptors (Lipinski definition) is 7. The van der Waals surface area contributed by atoms with E-state index in [1.54, 1.807) is 24.3 Å². The van der Waals surface area contributed by atoms with Crippen molar-refractivity contribution in [1.82, 2.24) is 10.5 Å². The molecular weight excluding hydrogens is 356 g/mol. The van der Waals surface area contributed by atoms with Crippen LogP contribution in [0.4, 0.5) is 0 Å². The van der Waals surface area contributed by atoms with E-state index in [0.29, 0.717) is 22.0 Å². The van der Waals surface area contributed by atoms with Crippen molar-refractivity contribution in [3.05, 3.63) is 76.7 Å². The fraction of sp³-hybridized carbons (Fsp3) is 0.111. The van der Waals surface area contributed by atoms with E-state index in [1.165, 1.54) is 36.2 Å². The van der Waals surface area contributed by atoms with Crippen molar-refractivity contribution in [2.75, 3.05) is 6.54 Å². The average Bonchev–Trinajstić information content (AvgIpc) is 3.45. The Morgan fingerprint density at radius 3 is 2.85 bits per heavy atom. The molecule has 0 fully saturated rings. The van der Waals surface area contributed by atoms with E-state index in [0.717, 1.165) is 0 Å². The van der Waals surface area contributed by atoms with Crippen molar-refractivity contribution in [2.24, 2.45) is 0 Å². The fourth-order valence-electron chi connectivity index (χ4n) is 2.56. The topological polar surface area (TPSA) is 102 Å². The molecule has 0 aliphatic rings. The molecule has 7 nitrogen and oxygen atoms in total. The summed E-state index contributed by atoms with van der Waals surface area (Å²) in [6.07, 6.45) is 4.43. The molecule has 0 aliphatic heterocycles. The van der Waals surface area contributed by atoms with Crippen molar-refractivity contribution in [3.63, 3.8) is 0 Å². The van der Waals surface area contributed by atoms with Gasteiger partial charge in [0.25, 0.3) is 5.91 Å². The summed E-state index contributed by atoms with van der Waals surface area (Å²) in [5.74, 6) is 0.360. The molecule has 4 heterocycles. The Balaban J connectivity index is 1.52. The van der Waals surface area contributed by atoms with Gasteiger partial charge in [0.05, 0.1) is 25.3 Å². The third kappa shape index (κ3) is 2.96. The number of carbonyl (C=O) groups excluding carboxylic acids is 1. The van der Waals surface area contributed by atoms with Gasteiger partial charge in [-0.3, -0.25) is 4.79 Å². The van der Waals surface area contributed by atoms with Crippen LogP contribution in [0.25, 0.3) is 11.5 Å². The smallest absolute Gasteiger partial charge is 0.273 e. The third-order valence-corrected chi connectivity index (χ3v) is 4.96. The maximum absolute atomic E-state index is 12.4. The lowest BCUT2D eigenvalue weighted by atomic mass is 9.94. The van der Waals surface area contributed by atoms with Gasteiger partial charge in [-0.15, -0.1) is 11.3 Å². The number of nitrogens with one attached hydrogen (secondary N) is 1. The zero-order valence-electron chi connectivity index (χ0n) is 13.4. The van der Waals surface area contributed by atoms with Gasteiger partial charge in [-0.25, -0.2) is 0 Å². The Bertz CT molecular complexity index is 937. The van der Waals surface area contributed by atoms with Gasteiger partial charge in [-0.1, -0.05) is 11.2 Å². The highest BCUT2D eigenvalue weighted by Crippen LogP contribution is 2.32. The molecular formula is C18H14N2O5S. The molecule has 26 heavy (non-hydrogen) atoms.